The highest BCUT2D eigenvalue weighted by Gasteiger charge is 2.29. The number of ketones is 1. The SMILES string of the molecule is CC(O)C(=O)C[C@@H]1C[C@H](C)CN(c2ccc(C(F)F)c3ncccc23)C1. The summed E-state index contributed by atoms with van der Waals surface area (Å²) in [5, 5.41) is 10.2. The Morgan fingerprint density at radius 2 is 2.12 bits per heavy atom. The molecule has 2 heterocycles. The second kappa shape index (κ2) is 7.66. The number of fused-ring (bicyclic) bond motifs is 1. The van der Waals surface area contributed by atoms with Gasteiger partial charge < -0.3 is 10.0 Å². The average molecular weight is 362 g/mol. The van der Waals surface area contributed by atoms with Crippen molar-refractivity contribution in [1.82, 2.24) is 4.98 Å². The molecule has 0 amide bonds. The zero-order valence-electron chi connectivity index (χ0n) is 15.0. The Balaban J connectivity index is 1.93. The Bertz CT molecular complexity index is 794. The van der Waals surface area contributed by atoms with E-state index >= 15 is 0 Å². The highest BCUT2D eigenvalue weighted by Crippen LogP contribution is 2.36. The maximum absolute atomic E-state index is 13.3. The number of carbonyl (C=O) groups is 1. The lowest BCUT2D eigenvalue weighted by Gasteiger charge is -2.38. The third kappa shape index (κ3) is 3.85. The van der Waals surface area contributed by atoms with Crippen molar-refractivity contribution in [3.8, 4) is 0 Å². The number of aliphatic hydroxyl groups excluding tert-OH is 1. The molecule has 3 atom stereocenters. The van der Waals surface area contributed by atoms with Crippen molar-refractivity contribution in [2.45, 2.75) is 39.2 Å². The monoisotopic (exact) mass is 362 g/mol. The van der Waals surface area contributed by atoms with E-state index in [1.165, 1.54) is 19.2 Å². The molecule has 140 valence electrons. The first kappa shape index (κ1) is 18.7. The summed E-state index contributed by atoms with van der Waals surface area (Å²) in [7, 11) is 0. The number of halogens is 2. The number of hydrogen-bond acceptors (Lipinski definition) is 4. The maximum Gasteiger partial charge on any atom is 0.265 e. The van der Waals surface area contributed by atoms with Gasteiger partial charge in [0.05, 0.1) is 5.52 Å². The smallest absolute Gasteiger partial charge is 0.265 e. The van der Waals surface area contributed by atoms with Crippen molar-refractivity contribution in [3.63, 3.8) is 0 Å². The number of alkyl halides is 2. The number of piperidine rings is 1. The van der Waals surface area contributed by atoms with Crippen LogP contribution in [0.4, 0.5) is 14.5 Å². The van der Waals surface area contributed by atoms with Crippen LogP contribution in [-0.2, 0) is 4.79 Å². The molecule has 1 saturated heterocycles. The first-order valence-corrected chi connectivity index (χ1v) is 8.98. The quantitative estimate of drug-likeness (QED) is 0.874. The van der Waals surface area contributed by atoms with Gasteiger partial charge >= 0.3 is 0 Å². The molecule has 0 spiro atoms. The van der Waals surface area contributed by atoms with Gasteiger partial charge in [-0.15, -0.1) is 0 Å². The molecule has 1 N–H and O–H groups in total. The largest absolute Gasteiger partial charge is 0.386 e. The first-order chi connectivity index (χ1) is 12.4. The molecule has 6 heteroatoms. The number of pyridine rings is 1. The fourth-order valence-electron chi connectivity index (χ4n) is 3.91. The number of carbonyl (C=O) groups excluding carboxylic acids is 1. The minimum absolute atomic E-state index is 0.0600. The number of benzene rings is 1. The molecule has 1 aromatic carbocycles. The van der Waals surface area contributed by atoms with Crippen LogP contribution in [0.25, 0.3) is 10.9 Å². The molecule has 1 aromatic heterocycles. The number of aromatic nitrogens is 1. The molecule has 4 nitrogen and oxygen atoms in total. The van der Waals surface area contributed by atoms with E-state index in [0.29, 0.717) is 29.8 Å². The number of aliphatic hydroxyl groups is 1. The number of hydrogen-bond donors (Lipinski definition) is 1. The minimum atomic E-state index is -2.57. The van der Waals surface area contributed by atoms with Crippen molar-refractivity contribution < 1.29 is 18.7 Å². The third-order valence-electron chi connectivity index (χ3n) is 5.06. The molecule has 1 aliphatic rings. The van der Waals surface area contributed by atoms with Crippen molar-refractivity contribution >= 4 is 22.4 Å². The lowest BCUT2D eigenvalue weighted by molar-refractivity contribution is -0.127. The predicted molar refractivity (Wildman–Crippen MR) is 97.5 cm³/mol. The second-order valence-electron chi connectivity index (χ2n) is 7.33. The van der Waals surface area contributed by atoms with Gasteiger partial charge in [-0.3, -0.25) is 9.78 Å². The molecular formula is C20H24F2N2O2. The Morgan fingerprint density at radius 1 is 1.35 bits per heavy atom. The molecular weight excluding hydrogens is 338 g/mol. The van der Waals surface area contributed by atoms with Gasteiger partial charge in [0.2, 0.25) is 0 Å². The van der Waals surface area contributed by atoms with Crippen LogP contribution in [0.1, 0.15) is 38.7 Å². The van der Waals surface area contributed by atoms with Gasteiger partial charge in [0, 0.05) is 42.3 Å². The van der Waals surface area contributed by atoms with Crippen LogP contribution in [0, 0.1) is 11.8 Å². The number of anilines is 1. The summed E-state index contributed by atoms with van der Waals surface area (Å²) in [5.41, 5.74) is 1.14. The van der Waals surface area contributed by atoms with E-state index in [1.54, 1.807) is 12.1 Å². The van der Waals surface area contributed by atoms with Crippen LogP contribution in [0.2, 0.25) is 0 Å². The van der Waals surface area contributed by atoms with E-state index in [9.17, 15) is 18.7 Å². The van der Waals surface area contributed by atoms with E-state index in [0.717, 1.165) is 18.7 Å². The zero-order valence-corrected chi connectivity index (χ0v) is 15.0. The van der Waals surface area contributed by atoms with Gasteiger partial charge in [-0.1, -0.05) is 6.92 Å². The Hall–Kier alpha value is -2.08. The Labute approximate surface area is 151 Å². The fraction of sp³-hybridized carbons (Fsp3) is 0.500. The van der Waals surface area contributed by atoms with Crippen molar-refractivity contribution in [3.05, 3.63) is 36.0 Å². The van der Waals surface area contributed by atoms with E-state index in [4.69, 9.17) is 0 Å². The molecule has 1 aliphatic heterocycles. The standard InChI is InChI=1S/C20H24F2N2O2/c1-12-8-14(9-18(26)13(2)25)11-24(10-12)17-6-5-16(20(21)22)19-15(17)4-3-7-23-19/h3-7,12-14,20,25H,8-11H2,1-2H3/t12-,13?,14-/m0/s1. The molecule has 1 unspecified atom stereocenters. The molecule has 3 rings (SSSR count). The zero-order chi connectivity index (χ0) is 18.8. The topological polar surface area (TPSA) is 53.4 Å². The normalized spacial score (nSPS) is 22.0. The number of Topliss-reactive ketones (excluding diaryl/α,β-unsaturated/α-hetero) is 1. The van der Waals surface area contributed by atoms with E-state index < -0.39 is 12.5 Å². The van der Waals surface area contributed by atoms with Crippen molar-refractivity contribution in [1.29, 1.82) is 0 Å². The van der Waals surface area contributed by atoms with E-state index in [1.807, 2.05) is 6.07 Å². The van der Waals surface area contributed by atoms with Gasteiger partial charge in [0.25, 0.3) is 6.43 Å². The molecule has 0 radical (unpaired) electrons. The van der Waals surface area contributed by atoms with Crippen LogP contribution in [0.3, 0.4) is 0 Å². The van der Waals surface area contributed by atoms with Gasteiger partial charge in [-0.25, -0.2) is 8.78 Å². The average Bonchev–Trinajstić information content (AvgIpc) is 2.59. The van der Waals surface area contributed by atoms with Crippen LogP contribution in [0.5, 0.6) is 0 Å². The molecule has 0 bridgehead atoms. The molecule has 26 heavy (non-hydrogen) atoms. The fourth-order valence-corrected chi connectivity index (χ4v) is 3.91. The highest BCUT2D eigenvalue weighted by atomic mass is 19.3. The second-order valence-corrected chi connectivity index (χ2v) is 7.33. The van der Waals surface area contributed by atoms with E-state index in [2.05, 4.69) is 16.8 Å². The van der Waals surface area contributed by atoms with Gasteiger partial charge in [0.1, 0.15) is 6.10 Å². The summed E-state index contributed by atoms with van der Waals surface area (Å²) in [6.45, 7) is 5.09. The van der Waals surface area contributed by atoms with Gasteiger partial charge in [-0.2, -0.15) is 0 Å². The Morgan fingerprint density at radius 3 is 2.81 bits per heavy atom. The van der Waals surface area contributed by atoms with Crippen LogP contribution in [0.15, 0.2) is 30.5 Å². The van der Waals surface area contributed by atoms with Gasteiger partial charge in [0.15, 0.2) is 5.78 Å². The van der Waals surface area contributed by atoms with E-state index in [-0.39, 0.29) is 17.3 Å². The Kier molecular flexibility index (Phi) is 5.51. The lowest BCUT2D eigenvalue weighted by atomic mass is 9.86. The minimum Gasteiger partial charge on any atom is -0.386 e. The van der Waals surface area contributed by atoms with Crippen molar-refractivity contribution in [2.75, 3.05) is 18.0 Å². The van der Waals surface area contributed by atoms with Crippen LogP contribution < -0.4 is 4.90 Å². The summed E-state index contributed by atoms with van der Waals surface area (Å²) in [6.07, 6.45) is -0.737. The van der Waals surface area contributed by atoms with Crippen LogP contribution >= 0.6 is 0 Å². The molecule has 1 fully saturated rings. The lowest BCUT2D eigenvalue weighted by Crippen LogP contribution is -2.41. The summed E-state index contributed by atoms with van der Waals surface area (Å²) in [4.78, 5) is 18.3. The van der Waals surface area contributed by atoms with Crippen molar-refractivity contribution in [2.24, 2.45) is 11.8 Å². The molecule has 0 saturated carbocycles. The summed E-state index contributed by atoms with van der Waals surface area (Å²) >= 11 is 0. The number of nitrogens with zero attached hydrogens (tertiary/aromatic N) is 2. The maximum atomic E-state index is 13.3. The molecule has 2 aromatic rings. The van der Waals surface area contributed by atoms with Crippen LogP contribution in [-0.4, -0.2) is 35.1 Å². The number of rotatable bonds is 5. The predicted octanol–water partition coefficient (Wildman–Crippen LogP) is 3.97. The van der Waals surface area contributed by atoms with Gasteiger partial charge in [-0.05, 0) is 49.4 Å². The summed E-state index contributed by atoms with van der Waals surface area (Å²) < 4.78 is 26.6. The summed E-state index contributed by atoms with van der Waals surface area (Å²) in [6, 6.07) is 6.75. The highest BCUT2D eigenvalue weighted by molar-refractivity contribution is 5.94. The summed E-state index contributed by atoms with van der Waals surface area (Å²) in [5.74, 6) is 0.364. The first-order valence-electron chi connectivity index (χ1n) is 8.98. The third-order valence-corrected chi connectivity index (χ3v) is 5.06. The molecule has 0 aliphatic carbocycles.